The standard InChI is InChI=1S/C15H15N3O2/c1-9-5-13(8-16)7-14(6-9)20-15-10(2)17-18(11(15)3)12(4)19/h5-7H,1-4H3. The number of hydrogen-bond donors (Lipinski definition) is 0. The topological polar surface area (TPSA) is 67.9 Å². The van der Waals surface area contributed by atoms with Gasteiger partial charge in [-0.1, -0.05) is 0 Å². The summed E-state index contributed by atoms with van der Waals surface area (Å²) >= 11 is 0. The van der Waals surface area contributed by atoms with Crippen LogP contribution in [0.15, 0.2) is 18.2 Å². The van der Waals surface area contributed by atoms with Crippen LogP contribution in [0.2, 0.25) is 0 Å². The highest BCUT2D eigenvalue weighted by molar-refractivity contribution is 5.76. The normalized spacial score (nSPS) is 10.2. The second-order valence-electron chi connectivity index (χ2n) is 4.68. The van der Waals surface area contributed by atoms with Gasteiger partial charge in [0.05, 0.1) is 17.3 Å². The largest absolute Gasteiger partial charge is 0.453 e. The van der Waals surface area contributed by atoms with Gasteiger partial charge in [-0.15, -0.1) is 0 Å². The average molecular weight is 269 g/mol. The van der Waals surface area contributed by atoms with Crippen molar-refractivity contribution in [1.29, 1.82) is 5.26 Å². The van der Waals surface area contributed by atoms with E-state index in [1.54, 1.807) is 26.0 Å². The molecular formula is C15H15N3O2. The van der Waals surface area contributed by atoms with E-state index in [9.17, 15) is 4.79 Å². The molecule has 2 rings (SSSR count). The van der Waals surface area contributed by atoms with Crippen molar-refractivity contribution in [2.24, 2.45) is 0 Å². The van der Waals surface area contributed by atoms with E-state index < -0.39 is 0 Å². The lowest BCUT2D eigenvalue weighted by atomic mass is 10.1. The maximum Gasteiger partial charge on any atom is 0.244 e. The molecule has 0 aliphatic heterocycles. The molecule has 0 saturated carbocycles. The van der Waals surface area contributed by atoms with Crippen LogP contribution in [-0.4, -0.2) is 15.7 Å². The predicted octanol–water partition coefficient (Wildman–Crippen LogP) is 3.13. The molecule has 0 amide bonds. The molecule has 1 aromatic heterocycles. The highest BCUT2D eigenvalue weighted by Crippen LogP contribution is 2.29. The average Bonchev–Trinajstić information content (AvgIpc) is 2.66. The van der Waals surface area contributed by atoms with E-state index in [1.165, 1.54) is 11.6 Å². The SMILES string of the molecule is CC(=O)n1nc(C)c(Oc2cc(C)cc(C#N)c2)c1C. The summed E-state index contributed by atoms with van der Waals surface area (Å²) in [6.45, 7) is 6.90. The fraction of sp³-hybridized carbons (Fsp3) is 0.267. The fourth-order valence-corrected chi connectivity index (χ4v) is 2.07. The summed E-state index contributed by atoms with van der Waals surface area (Å²) in [4.78, 5) is 11.4. The smallest absolute Gasteiger partial charge is 0.244 e. The highest BCUT2D eigenvalue weighted by Gasteiger charge is 2.16. The number of nitriles is 1. The number of rotatable bonds is 2. The Morgan fingerprint density at radius 1 is 1.30 bits per heavy atom. The van der Waals surface area contributed by atoms with E-state index in [1.807, 2.05) is 13.0 Å². The zero-order valence-corrected chi connectivity index (χ0v) is 11.9. The van der Waals surface area contributed by atoms with Crippen molar-refractivity contribution >= 4 is 5.91 Å². The van der Waals surface area contributed by atoms with E-state index in [0.717, 1.165) is 5.56 Å². The Kier molecular flexibility index (Phi) is 3.57. The molecule has 1 aromatic carbocycles. The van der Waals surface area contributed by atoms with Crippen LogP contribution < -0.4 is 4.74 Å². The summed E-state index contributed by atoms with van der Waals surface area (Å²) in [5.41, 5.74) is 2.76. The van der Waals surface area contributed by atoms with E-state index in [0.29, 0.717) is 28.5 Å². The van der Waals surface area contributed by atoms with Crippen LogP contribution in [0.5, 0.6) is 11.5 Å². The number of aryl methyl sites for hydroxylation is 2. The van der Waals surface area contributed by atoms with Crippen LogP contribution in [0.4, 0.5) is 0 Å². The van der Waals surface area contributed by atoms with Gasteiger partial charge < -0.3 is 4.74 Å². The molecule has 0 bridgehead atoms. The monoisotopic (exact) mass is 269 g/mol. The van der Waals surface area contributed by atoms with E-state index in [2.05, 4.69) is 11.2 Å². The molecule has 102 valence electrons. The Labute approximate surface area is 117 Å². The minimum absolute atomic E-state index is 0.164. The van der Waals surface area contributed by atoms with E-state index in [-0.39, 0.29) is 5.91 Å². The molecule has 0 N–H and O–H groups in total. The lowest BCUT2D eigenvalue weighted by Crippen LogP contribution is -2.09. The molecule has 0 radical (unpaired) electrons. The summed E-state index contributed by atoms with van der Waals surface area (Å²) in [5, 5.41) is 13.1. The maximum atomic E-state index is 11.4. The van der Waals surface area contributed by atoms with Crippen molar-refractivity contribution in [3.63, 3.8) is 0 Å². The Hall–Kier alpha value is -2.61. The van der Waals surface area contributed by atoms with Gasteiger partial charge in [0.2, 0.25) is 5.91 Å². The van der Waals surface area contributed by atoms with Crippen LogP contribution in [-0.2, 0) is 0 Å². The summed E-state index contributed by atoms with van der Waals surface area (Å²) in [5.74, 6) is 0.952. The van der Waals surface area contributed by atoms with E-state index >= 15 is 0 Å². The van der Waals surface area contributed by atoms with Gasteiger partial charge in [0.15, 0.2) is 5.75 Å². The van der Waals surface area contributed by atoms with Crippen LogP contribution in [0.3, 0.4) is 0 Å². The van der Waals surface area contributed by atoms with Crippen molar-refractivity contribution in [2.75, 3.05) is 0 Å². The molecule has 2 aromatic rings. The molecule has 5 heteroatoms. The molecule has 0 spiro atoms. The fourth-order valence-electron chi connectivity index (χ4n) is 2.07. The quantitative estimate of drug-likeness (QED) is 0.840. The first-order chi connectivity index (χ1) is 9.42. The Bertz CT molecular complexity index is 723. The van der Waals surface area contributed by atoms with Crippen molar-refractivity contribution in [1.82, 2.24) is 9.78 Å². The van der Waals surface area contributed by atoms with Crippen molar-refractivity contribution in [2.45, 2.75) is 27.7 Å². The Morgan fingerprint density at radius 2 is 2.00 bits per heavy atom. The molecule has 0 aliphatic carbocycles. The van der Waals surface area contributed by atoms with Gasteiger partial charge >= 0.3 is 0 Å². The van der Waals surface area contributed by atoms with Crippen LogP contribution >= 0.6 is 0 Å². The second kappa shape index (κ2) is 5.17. The van der Waals surface area contributed by atoms with Crippen molar-refractivity contribution in [3.05, 3.63) is 40.7 Å². The second-order valence-corrected chi connectivity index (χ2v) is 4.68. The lowest BCUT2D eigenvalue weighted by molar-refractivity contribution is 0.0918. The van der Waals surface area contributed by atoms with E-state index in [4.69, 9.17) is 10.00 Å². The zero-order chi connectivity index (χ0) is 14.9. The molecule has 1 heterocycles. The first-order valence-electron chi connectivity index (χ1n) is 6.19. The number of hydrogen-bond acceptors (Lipinski definition) is 4. The molecule has 0 unspecified atom stereocenters. The minimum Gasteiger partial charge on any atom is -0.453 e. The summed E-state index contributed by atoms with van der Waals surface area (Å²) in [7, 11) is 0. The number of aromatic nitrogens is 2. The van der Waals surface area contributed by atoms with Crippen molar-refractivity contribution in [3.8, 4) is 17.6 Å². The third kappa shape index (κ3) is 2.54. The first-order valence-corrected chi connectivity index (χ1v) is 6.19. The number of carbonyl (C=O) groups excluding carboxylic acids is 1. The predicted molar refractivity (Wildman–Crippen MR) is 74.0 cm³/mol. The van der Waals surface area contributed by atoms with Crippen LogP contribution in [0.25, 0.3) is 0 Å². The van der Waals surface area contributed by atoms with Crippen molar-refractivity contribution < 1.29 is 9.53 Å². The summed E-state index contributed by atoms with van der Waals surface area (Å²) < 4.78 is 7.12. The van der Waals surface area contributed by atoms with Gasteiger partial charge in [-0.05, 0) is 44.5 Å². The molecule has 0 aliphatic rings. The summed E-state index contributed by atoms with van der Waals surface area (Å²) in [6, 6.07) is 7.38. The van der Waals surface area contributed by atoms with Crippen LogP contribution in [0.1, 0.15) is 34.2 Å². The molecule has 5 nitrogen and oxygen atoms in total. The maximum absolute atomic E-state index is 11.4. The first kappa shape index (κ1) is 13.8. The third-order valence-electron chi connectivity index (χ3n) is 2.92. The Morgan fingerprint density at radius 3 is 2.55 bits per heavy atom. The molecule has 0 fully saturated rings. The molecule has 20 heavy (non-hydrogen) atoms. The molecule has 0 atom stereocenters. The number of ether oxygens (including phenoxy) is 1. The minimum atomic E-state index is -0.164. The summed E-state index contributed by atoms with van der Waals surface area (Å²) in [6.07, 6.45) is 0. The lowest BCUT2D eigenvalue weighted by Gasteiger charge is -2.07. The molecular weight excluding hydrogens is 254 g/mol. The third-order valence-corrected chi connectivity index (χ3v) is 2.92. The van der Waals surface area contributed by atoms with Gasteiger partial charge in [0.1, 0.15) is 11.4 Å². The van der Waals surface area contributed by atoms with Gasteiger partial charge in [-0.2, -0.15) is 10.4 Å². The van der Waals surface area contributed by atoms with Gasteiger partial charge in [0.25, 0.3) is 0 Å². The number of benzene rings is 1. The zero-order valence-electron chi connectivity index (χ0n) is 11.9. The number of carbonyl (C=O) groups is 1. The Balaban J connectivity index is 2.43. The van der Waals surface area contributed by atoms with Gasteiger partial charge in [-0.25, -0.2) is 4.68 Å². The number of nitrogens with zero attached hydrogens (tertiary/aromatic N) is 3. The van der Waals surface area contributed by atoms with Gasteiger partial charge in [-0.3, -0.25) is 4.79 Å². The van der Waals surface area contributed by atoms with Crippen LogP contribution in [0, 0.1) is 32.1 Å². The molecule has 0 saturated heterocycles. The van der Waals surface area contributed by atoms with Gasteiger partial charge in [0, 0.05) is 6.92 Å². The highest BCUT2D eigenvalue weighted by atomic mass is 16.5.